The monoisotopic (exact) mass is 511 g/mol. The van der Waals surface area contributed by atoms with Crippen molar-refractivity contribution in [2.75, 3.05) is 31.2 Å². The van der Waals surface area contributed by atoms with Gasteiger partial charge in [0.2, 0.25) is 0 Å². The van der Waals surface area contributed by atoms with Crippen molar-refractivity contribution in [3.05, 3.63) is 41.1 Å². The third kappa shape index (κ3) is 5.90. The van der Waals surface area contributed by atoms with Crippen LogP contribution in [0.3, 0.4) is 0 Å². The summed E-state index contributed by atoms with van der Waals surface area (Å²) in [6.45, 7) is 12.4. The van der Waals surface area contributed by atoms with Gasteiger partial charge in [0.05, 0.1) is 18.7 Å². The number of amides is 2. The Kier molecular flexibility index (Phi) is 8.38. The normalized spacial score (nSPS) is 14.0. The Hall–Kier alpha value is -3.53. The van der Waals surface area contributed by atoms with Gasteiger partial charge in [-0.3, -0.25) is 0 Å². The van der Waals surface area contributed by atoms with Gasteiger partial charge in [0, 0.05) is 52.8 Å². The predicted molar refractivity (Wildman–Crippen MR) is 142 cm³/mol. The minimum absolute atomic E-state index is 0.0229. The SMILES string of the molecule is CCc1c(COC(=O)NC(C)C)c(COC(=O)NC(C)C)c2c3ccccc3c(N3CCOCC3)nn12. The quantitative estimate of drug-likeness (QED) is 0.468. The van der Waals surface area contributed by atoms with Crippen molar-refractivity contribution in [1.29, 1.82) is 0 Å². The lowest BCUT2D eigenvalue weighted by molar-refractivity contribution is 0.122. The molecule has 10 nitrogen and oxygen atoms in total. The first kappa shape index (κ1) is 26.5. The molecule has 1 aromatic carbocycles. The number of nitrogens with zero attached hydrogens (tertiary/aromatic N) is 3. The van der Waals surface area contributed by atoms with Gasteiger partial charge in [-0.25, -0.2) is 14.1 Å². The molecule has 4 rings (SSSR count). The molecule has 1 aliphatic heterocycles. The van der Waals surface area contributed by atoms with Crippen LogP contribution >= 0.6 is 0 Å². The lowest BCUT2D eigenvalue weighted by Crippen LogP contribution is -2.37. The van der Waals surface area contributed by atoms with Gasteiger partial charge in [-0.2, -0.15) is 0 Å². The Bertz CT molecular complexity index is 1260. The first-order chi connectivity index (χ1) is 17.8. The fraction of sp³-hybridized carbons (Fsp3) is 0.519. The number of rotatable bonds is 8. The molecule has 1 saturated heterocycles. The number of alkyl carbamates (subject to hydrolysis) is 2. The highest BCUT2D eigenvalue weighted by molar-refractivity contribution is 6.03. The molecule has 0 aliphatic carbocycles. The molecule has 1 aliphatic rings. The summed E-state index contributed by atoms with van der Waals surface area (Å²) < 4.78 is 18.7. The van der Waals surface area contributed by atoms with Crippen LogP contribution in [0.1, 0.15) is 51.4 Å². The average Bonchev–Trinajstić information content (AvgIpc) is 3.17. The van der Waals surface area contributed by atoms with Gasteiger partial charge in [-0.05, 0) is 34.1 Å². The number of hydrogen-bond donors (Lipinski definition) is 2. The van der Waals surface area contributed by atoms with Crippen LogP contribution in [0.15, 0.2) is 24.3 Å². The van der Waals surface area contributed by atoms with E-state index in [0.717, 1.165) is 52.0 Å². The van der Waals surface area contributed by atoms with Crippen LogP contribution in [0.25, 0.3) is 16.3 Å². The van der Waals surface area contributed by atoms with Gasteiger partial charge in [-0.1, -0.05) is 31.2 Å². The molecule has 3 aromatic rings. The van der Waals surface area contributed by atoms with Crippen LogP contribution in [0, 0.1) is 0 Å². The van der Waals surface area contributed by atoms with Gasteiger partial charge in [0.1, 0.15) is 13.2 Å². The molecule has 200 valence electrons. The van der Waals surface area contributed by atoms with Crippen LogP contribution in [0.5, 0.6) is 0 Å². The number of ether oxygens (including phenoxy) is 3. The Labute approximate surface area is 217 Å². The van der Waals surface area contributed by atoms with Crippen molar-refractivity contribution in [3.63, 3.8) is 0 Å². The average molecular weight is 512 g/mol. The minimum atomic E-state index is -0.501. The molecule has 0 spiro atoms. The Balaban J connectivity index is 1.86. The van der Waals surface area contributed by atoms with Crippen molar-refractivity contribution in [3.8, 4) is 0 Å². The third-order valence-electron chi connectivity index (χ3n) is 6.24. The van der Waals surface area contributed by atoms with E-state index in [4.69, 9.17) is 19.3 Å². The number of benzene rings is 1. The third-order valence-corrected chi connectivity index (χ3v) is 6.24. The van der Waals surface area contributed by atoms with Crippen LogP contribution < -0.4 is 15.5 Å². The number of nitrogens with one attached hydrogen (secondary N) is 2. The van der Waals surface area contributed by atoms with Gasteiger partial charge in [0.25, 0.3) is 0 Å². The second kappa shape index (κ2) is 11.7. The van der Waals surface area contributed by atoms with Gasteiger partial charge >= 0.3 is 12.2 Å². The van der Waals surface area contributed by atoms with Crippen LogP contribution in [0.4, 0.5) is 15.4 Å². The number of morpholine rings is 1. The number of hydrogen-bond acceptors (Lipinski definition) is 7. The van der Waals surface area contributed by atoms with E-state index < -0.39 is 12.2 Å². The van der Waals surface area contributed by atoms with E-state index in [2.05, 4.69) is 27.7 Å². The lowest BCUT2D eigenvalue weighted by atomic mass is 10.1. The maximum absolute atomic E-state index is 12.4. The molecule has 3 heterocycles. The molecule has 0 radical (unpaired) electrons. The van der Waals surface area contributed by atoms with E-state index >= 15 is 0 Å². The minimum Gasteiger partial charge on any atom is -0.445 e. The molecule has 0 atom stereocenters. The summed E-state index contributed by atoms with van der Waals surface area (Å²) in [5, 5.41) is 12.6. The number of fused-ring (bicyclic) bond motifs is 3. The number of aromatic nitrogens is 2. The molecule has 2 amide bonds. The highest BCUT2D eigenvalue weighted by atomic mass is 16.6. The number of anilines is 1. The summed E-state index contributed by atoms with van der Waals surface area (Å²) in [5.41, 5.74) is 3.35. The zero-order valence-electron chi connectivity index (χ0n) is 22.3. The Morgan fingerprint density at radius 1 is 0.946 bits per heavy atom. The van der Waals surface area contributed by atoms with Crippen molar-refractivity contribution in [2.24, 2.45) is 0 Å². The van der Waals surface area contributed by atoms with Crippen LogP contribution in [-0.4, -0.2) is 60.2 Å². The molecular formula is C27H37N5O5. The van der Waals surface area contributed by atoms with Gasteiger partial charge < -0.3 is 29.7 Å². The first-order valence-electron chi connectivity index (χ1n) is 12.9. The lowest BCUT2D eigenvalue weighted by Gasteiger charge is -2.29. The molecule has 0 saturated carbocycles. The Morgan fingerprint density at radius 2 is 1.51 bits per heavy atom. The van der Waals surface area contributed by atoms with Crippen molar-refractivity contribution in [2.45, 2.75) is 66.3 Å². The Morgan fingerprint density at radius 3 is 2.08 bits per heavy atom. The van der Waals surface area contributed by atoms with E-state index in [0.29, 0.717) is 19.6 Å². The van der Waals surface area contributed by atoms with E-state index in [1.807, 2.05) is 51.3 Å². The molecule has 0 bridgehead atoms. The standard InChI is InChI=1S/C27H37N5O5/c1-6-23-21(15-36-26(33)28-17(2)3)22(16-37-27(34)29-18(4)5)24-19-9-7-8-10-20(19)25(30-32(23)24)31-11-13-35-14-12-31/h7-10,17-18H,6,11-16H2,1-5H3,(H,28,33)(H,29,34). The molecular weight excluding hydrogens is 474 g/mol. The van der Waals surface area contributed by atoms with Crippen LogP contribution in [-0.2, 0) is 33.8 Å². The summed E-state index contributed by atoms with van der Waals surface area (Å²) in [5.74, 6) is 0.881. The van der Waals surface area contributed by atoms with Gasteiger partial charge in [-0.15, -0.1) is 5.10 Å². The largest absolute Gasteiger partial charge is 0.445 e. The maximum atomic E-state index is 12.4. The van der Waals surface area contributed by atoms with E-state index in [1.54, 1.807) is 0 Å². The topological polar surface area (TPSA) is 106 Å². The fourth-order valence-corrected chi connectivity index (χ4v) is 4.66. The second-order valence-corrected chi connectivity index (χ2v) is 9.74. The number of carbonyl (C=O) groups excluding carboxylic acids is 2. The fourth-order valence-electron chi connectivity index (χ4n) is 4.66. The molecule has 2 aromatic heterocycles. The molecule has 2 N–H and O–H groups in total. The smallest absolute Gasteiger partial charge is 0.407 e. The first-order valence-corrected chi connectivity index (χ1v) is 12.9. The number of carbonyl (C=O) groups is 2. The molecule has 1 fully saturated rings. The van der Waals surface area contributed by atoms with Crippen molar-refractivity contribution in [1.82, 2.24) is 20.2 Å². The zero-order valence-corrected chi connectivity index (χ0v) is 22.3. The van der Waals surface area contributed by atoms with E-state index in [-0.39, 0.29) is 25.3 Å². The van der Waals surface area contributed by atoms with Crippen LogP contribution in [0.2, 0.25) is 0 Å². The predicted octanol–water partition coefficient (Wildman–Crippen LogP) is 4.16. The number of aryl methyl sites for hydroxylation is 1. The van der Waals surface area contributed by atoms with Crippen molar-refractivity contribution < 1.29 is 23.8 Å². The summed E-state index contributed by atoms with van der Waals surface area (Å²) in [6.07, 6.45) is -0.347. The van der Waals surface area contributed by atoms with Gasteiger partial charge in [0.15, 0.2) is 5.82 Å². The van der Waals surface area contributed by atoms with Crippen molar-refractivity contribution >= 4 is 34.3 Å². The second-order valence-electron chi connectivity index (χ2n) is 9.74. The highest BCUT2D eigenvalue weighted by Crippen LogP contribution is 2.35. The molecule has 0 unspecified atom stereocenters. The highest BCUT2D eigenvalue weighted by Gasteiger charge is 2.26. The summed E-state index contributed by atoms with van der Waals surface area (Å²) in [4.78, 5) is 27.0. The summed E-state index contributed by atoms with van der Waals surface area (Å²) in [7, 11) is 0. The summed E-state index contributed by atoms with van der Waals surface area (Å²) >= 11 is 0. The van der Waals surface area contributed by atoms with E-state index in [9.17, 15) is 9.59 Å². The molecule has 10 heteroatoms. The van der Waals surface area contributed by atoms with E-state index in [1.165, 1.54) is 0 Å². The zero-order chi connectivity index (χ0) is 26.5. The molecule has 37 heavy (non-hydrogen) atoms. The summed E-state index contributed by atoms with van der Waals surface area (Å²) in [6, 6.07) is 8.02. The maximum Gasteiger partial charge on any atom is 0.407 e.